The van der Waals surface area contributed by atoms with Gasteiger partial charge in [-0.15, -0.1) is 0 Å². The summed E-state index contributed by atoms with van der Waals surface area (Å²) in [5, 5.41) is 0. The zero-order valence-corrected chi connectivity index (χ0v) is 18.1. The molecule has 1 saturated heterocycles. The summed E-state index contributed by atoms with van der Waals surface area (Å²) < 4.78 is 11.0. The van der Waals surface area contributed by atoms with E-state index in [1.54, 1.807) is 36.4 Å². The third-order valence-electron chi connectivity index (χ3n) is 5.32. The van der Waals surface area contributed by atoms with Gasteiger partial charge < -0.3 is 14.4 Å². The van der Waals surface area contributed by atoms with Crippen LogP contribution in [0.5, 0.6) is 11.5 Å². The van der Waals surface area contributed by atoms with Gasteiger partial charge in [-0.3, -0.25) is 14.4 Å². The van der Waals surface area contributed by atoms with Crippen molar-refractivity contribution < 1.29 is 23.9 Å². The molecule has 0 aromatic heterocycles. The number of carbonyl (C=O) groups excluding carboxylic acids is 3. The minimum absolute atomic E-state index is 0.0482. The Labute approximate surface area is 182 Å². The van der Waals surface area contributed by atoms with Crippen molar-refractivity contribution in [3.63, 3.8) is 0 Å². The third-order valence-corrected chi connectivity index (χ3v) is 5.32. The Balaban J connectivity index is 1.77. The molecular weight excluding hydrogens is 396 g/mol. The van der Waals surface area contributed by atoms with Gasteiger partial charge >= 0.3 is 0 Å². The number of carbonyl (C=O) groups is 3. The Bertz CT molecular complexity index is 913. The molecule has 0 saturated carbocycles. The van der Waals surface area contributed by atoms with Gasteiger partial charge in [0.05, 0.1) is 18.7 Å². The summed E-state index contributed by atoms with van der Waals surface area (Å²) >= 11 is 0. The van der Waals surface area contributed by atoms with E-state index in [9.17, 15) is 14.4 Å². The van der Waals surface area contributed by atoms with E-state index in [1.807, 2.05) is 39.0 Å². The lowest BCUT2D eigenvalue weighted by atomic mass is 10.1. The van der Waals surface area contributed by atoms with Crippen LogP contribution in [0.15, 0.2) is 54.6 Å². The predicted octanol–water partition coefficient (Wildman–Crippen LogP) is 3.42. The molecule has 3 amide bonds. The normalized spacial score (nSPS) is 16.9. The standard InChI is InChI=1S/C24H28N2O5/c1-4-17(3)25(23(28)16-31-19-9-7-6-8-10-19)21-15-22(27)26(24(21)29)18-11-13-20(14-12-18)30-5-2/h6-14,17,21H,4-5,15-16H2,1-3H3. The van der Waals surface area contributed by atoms with Gasteiger partial charge in [-0.05, 0) is 56.7 Å². The van der Waals surface area contributed by atoms with Crippen LogP contribution in [-0.2, 0) is 14.4 Å². The third kappa shape index (κ3) is 5.05. The second-order valence-electron chi connectivity index (χ2n) is 7.37. The molecule has 2 aromatic carbocycles. The minimum atomic E-state index is -0.846. The van der Waals surface area contributed by atoms with Crippen molar-refractivity contribution in [1.82, 2.24) is 4.90 Å². The van der Waals surface area contributed by atoms with Crippen molar-refractivity contribution in [2.75, 3.05) is 18.1 Å². The van der Waals surface area contributed by atoms with Crippen molar-refractivity contribution >= 4 is 23.4 Å². The number of amides is 3. The molecule has 3 rings (SSSR count). The summed E-state index contributed by atoms with van der Waals surface area (Å²) in [6, 6.07) is 14.8. The number of rotatable bonds is 9. The molecule has 1 aliphatic rings. The molecule has 7 heteroatoms. The molecule has 7 nitrogen and oxygen atoms in total. The monoisotopic (exact) mass is 424 g/mol. The van der Waals surface area contributed by atoms with E-state index in [4.69, 9.17) is 9.47 Å². The molecule has 0 N–H and O–H groups in total. The number of hydrogen-bond acceptors (Lipinski definition) is 5. The van der Waals surface area contributed by atoms with Crippen LogP contribution in [0.1, 0.15) is 33.6 Å². The van der Waals surface area contributed by atoms with Crippen LogP contribution in [0.2, 0.25) is 0 Å². The first-order valence-corrected chi connectivity index (χ1v) is 10.5. The Hall–Kier alpha value is -3.35. The zero-order valence-electron chi connectivity index (χ0n) is 18.1. The summed E-state index contributed by atoms with van der Waals surface area (Å²) in [6.45, 7) is 6.02. The maximum atomic E-state index is 13.2. The fraction of sp³-hybridized carbons (Fsp3) is 0.375. The summed E-state index contributed by atoms with van der Waals surface area (Å²) in [5.41, 5.74) is 0.470. The van der Waals surface area contributed by atoms with Crippen LogP contribution in [-0.4, -0.2) is 47.9 Å². The topological polar surface area (TPSA) is 76.2 Å². The molecule has 2 aromatic rings. The fourth-order valence-electron chi connectivity index (χ4n) is 3.62. The molecule has 164 valence electrons. The van der Waals surface area contributed by atoms with Crippen molar-refractivity contribution in [2.45, 2.75) is 45.7 Å². The van der Waals surface area contributed by atoms with Crippen LogP contribution in [0, 0.1) is 0 Å². The van der Waals surface area contributed by atoms with Gasteiger partial charge in [0.2, 0.25) is 5.91 Å². The molecule has 1 fully saturated rings. The van der Waals surface area contributed by atoms with Gasteiger partial charge in [0.25, 0.3) is 11.8 Å². The smallest absolute Gasteiger partial charge is 0.261 e. The number of imide groups is 1. The molecule has 2 atom stereocenters. The Morgan fingerprint density at radius 2 is 1.68 bits per heavy atom. The number of hydrogen-bond donors (Lipinski definition) is 0. The highest BCUT2D eigenvalue weighted by molar-refractivity contribution is 6.23. The van der Waals surface area contributed by atoms with Gasteiger partial charge in [0.15, 0.2) is 6.61 Å². The van der Waals surface area contributed by atoms with Crippen molar-refractivity contribution in [2.24, 2.45) is 0 Å². The highest BCUT2D eigenvalue weighted by Crippen LogP contribution is 2.29. The Morgan fingerprint density at radius 1 is 1.03 bits per heavy atom. The van der Waals surface area contributed by atoms with E-state index in [0.29, 0.717) is 30.2 Å². The van der Waals surface area contributed by atoms with E-state index in [2.05, 4.69) is 0 Å². The molecule has 31 heavy (non-hydrogen) atoms. The second kappa shape index (κ2) is 10.1. The van der Waals surface area contributed by atoms with Crippen LogP contribution in [0.4, 0.5) is 5.69 Å². The average molecular weight is 424 g/mol. The first-order valence-electron chi connectivity index (χ1n) is 10.5. The van der Waals surface area contributed by atoms with Crippen molar-refractivity contribution in [1.29, 1.82) is 0 Å². The van der Waals surface area contributed by atoms with Crippen LogP contribution < -0.4 is 14.4 Å². The largest absolute Gasteiger partial charge is 0.494 e. The highest BCUT2D eigenvalue weighted by Gasteiger charge is 2.45. The lowest BCUT2D eigenvalue weighted by molar-refractivity contribution is -0.142. The Kier molecular flexibility index (Phi) is 7.28. The maximum absolute atomic E-state index is 13.2. The van der Waals surface area contributed by atoms with E-state index >= 15 is 0 Å². The molecule has 0 aliphatic carbocycles. The zero-order chi connectivity index (χ0) is 22.4. The molecule has 1 heterocycles. The SMILES string of the molecule is CCOc1ccc(N2C(=O)CC(N(C(=O)COc3ccccc3)C(C)CC)C2=O)cc1. The summed E-state index contributed by atoms with van der Waals surface area (Å²) in [4.78, 5) is 41.6. The average Bonchev–Trinajstić information content (AvgIpc) is 3.07. The van der Waals surface area contributed by atoms with E-state index in [0.717, 1.165) is 4.90 Å². The number of para-hydroxylation sites is 1. The molecular formula is C24H28N2O5. The summed E-state index contributed by atoms with van der Waals surface area (Å²) in [6.07, 6.45) is 0.603. The maximum Gasteiger partial charge on any atom is 0.261 e. The minimum Gasteiger partial charge on any atom is -0.494 e. The molecule has 0 radical (unpaired) electrons. The lowest BCUT2D eigenvalue weighted by Gasteiger charge is -2.32. The number of anilines is 1. The van der Waals surface area contributed by atoms with Crippen LogP contribution in [0.3, 0.4) is 0 Å². The first-order chi connectivity index (χ1) is 15.0. The van der Waals surface area contributed by atoms with E-state index in [-0.39, 0.29) is 30.9 Å². The quantitative estimate of drug-likeness (QED) is 0.577. The van der Waals surface area contributed by atoms with Gasteiger partial charge in [-0.2, -0.15) is 0 Å². The molecule has 1 aliphatic heterocycles. The van der Waals surface area contributed by atoms with E-state index < -0.39 is 11.9 Å². The molecule has 0 spiro atoms. The number of ether oxygens (including phenoxy) is 2. The Morgan fingerprint density at radius 3 is 2.29 bits per heavy atom. The first kappa shape index (κ1) is 22.3. The highest BCUT2D eigenvalue weighted by atomic mass is 16.5. The van der Waals surface area contributed by atoms with Crippen molar-refractivity contribution in [3.8, 4) is 11.5 Å². The van der Waals surface area contributed by atoms with Gasteiger partial charge in [-0.1, -0.05) is 25.1 Å². The summed E-state index contributed by atoms with van der Waals surface area (Å²) in [7, 11) is 0. The van der Waals surface area contributed by atoms with Gasteiger partial charge in [-0.25, -0.2) is 4.90 Å². The summed E-state index contributed by atoms with van der Waals surface area (Å²) in [5.74, 6) is 0.186. The fourth-order valence-corrected chi connectivity index (χ4v) is 3.62. The number of benzene rings is 2. The number of nitrogens with zero attached hydrogens (tertiary/aromatic N) is 2. The van der Waals surface area contributed by atoms with E-state index in [1.165, 1.54) is 4.90 Å². The van der Waals surface area contributed by atoms with Crippen molar-refractivity contribution in [3.05, 3.63) is 54.6 Å². The van der Waals surface area contributed by atoms with Crippen LogP contribution >= 0.6 is 0 Å². The van der Waals surface area contributed by atoms with Gasteiger partial charge in [0, 0.05) is 6.04 Å². The second-order valence-corrected chi connectivity index (χ2v) is 7.37. The van der Waals surface area contributed by atoms with Crippen LogP contribution in [0.25, 0.3) is 0 Å². The predicted molar refractivity (Wildman–Crippen MR) is 117 cm³/mol. The molecule has 2 unspecified atom stereocenters. The van der Waals surface area contributed by atoms with Gasteiger partial charge in [0.1, 0.15) is 17.5 Å². The lowest BCUT2D eigenvalue weighted by Crippen LogP contribution is -2.51. The molecule has 0 bridgehead atoms.